The van der Waals surface area contributed by atoms with E-state index in [1.54, 1.807) is 0 Å². The first-order valence-electron chi connectivity index (χ1n) is 6.60. The van der Waals surface area contributed by atoms with Crippen molar-refractivity contribution in [3.8, 4) is 0 Å². The van der Waals surface area contributed by atoms with Gasteiger partial charge in [-0.2, -0.15) is 0 Å². The summed E-state index contributed by atoms with van der Waals surface area (Å²) < 4.78 is 0. The van der Waals surface area contributed by atoms with Crippen LogP contribution in [0.15, 0.2) is 0 Å². The summed E-state index contributed by atoms with van der Waals surface area (Å²) in [5.74, 6) is 3.56. The highest BCUT2D eigenvalue weighted by Gasteiger charge is 2.47. The van der Waals surface area contributed by atoms with Crippen LogP contribution in [0.3, 0.4) is 0 Å². The van der Waals surface area contributed by atoms with Crippen LogP contribution in [-0.2, 0) is 4.79 Å². The van der Waals surface area contributed by atoms with Gasteiger partial charge in [-0.1, -0.05) is 12.8 Å². The molecular weight excluding hydrogens is 186 g/mol. The minimum absolute atomic E-state index is 0.345. The van der Waals surface area contributed by atoms with Gasteiger partial charge in [-0.15, -0.1) is 0 Å². The second-order valence-corrected chi connectivity index (χ2v) is 5.80. The lowest BCUT2D eigenvalue weighted by atomic mass is 10.0. The fourth-order valence-electron chi connectivity index (χ4n) is 3.08. The number of carbonyl (C=O) groups excluding carboxylic acids is 1. The standard InChI is InChI=1S/C13H21NO/c15-13(12-7-10-6-11(10)8-12)14-5-1-2-9-3-4-9/h9-12H,1-8H2,(H,14,15). The Hall–Kier alpha value is -0.530. The zero-order valence-electron chi connectivity index (χ0n) is 9.37. The molecule has 84 valence electrons. The molecule has 1 amide bonds. The predicted octanol–water partition coefficient (Wildman–Crippen LogP) is 2.34. The number of carbonyl (C=O) groups is 1. The van der Waals surface area contributed by atoms with Crippen molar-refractivity contribution in [3.05, 3.63) is 0 Å². The van der Waals surface area contributed by atoms with Crippen LogP contribution >= 0.6 is 0 Å². The van der Waals surface area contributed by atoms with Gasteiger partial charge in [-0.25, -0.2) is 0 Å². The van der Waals surface area contributed by atoms with Crippen molar-refractivity contribution in [1.29, 1.82) is 0 Å². The van der Waals surface area contributed by atoms with Crippen LogP contribution in [0.5, 0.6) is 0 Å². The van der Waals surface area contributed by atoms with Crippen molar-refractivity contribution in [2.45, 2.75) is 44.9 Å². The number of hydrogen-bond donors (Lipinski definition) is 1. The van der Waals surface area contributed by atoms with Crippen molar-refractivity contribution >= 4 is 5.91 Å². The number of nitrogens with one attached hydrogen (secondary N) is 1. The molecule has 0 aromatic carbocycles. The van der Waals surface area contributed by atoms with E-state index in [1.807, 2.05) is 0 Å². The van der Waals surface area contributed by atoms with E-state index in [9.17, 15) is 4.79 Å². The van der Waals surface area contributed by atoms with Gasteiger partial charge < -0.3 is 5.32 Å². The molecule has 2 nitrogen and oxygen atoms in total. The lowest BCUT2D eigenvalue weighted by Crippen LogP contribution is -2.30. The fourth-order valence-corrected chi connectivity index (χ4v) is 3.08. The molecule has 0 spiro atoms. The molecule has 15 heavy (non-hydrogen) atoms. The highest BCUT2D eigenvalue weighted by Crippen LogP contribution is 2.54. The molecule has 0 aromatic rings. The van der Waals surface area contributed by atoms with Gasteiger partial charge in [-0.3, -0.25) is 4.79 Å². The molecule has 2 heteroatoms. The zero-order valence-corrected chi connectivity index (χ0v) is 9.37. The summed E-state index contributed by atoms with van der Waals surface area (Å²) >= 11 is 0. The molecule has 3 saturated carbocycles. The summed E-state index contributed by atoms with van der Waals surface area (Å²) in [5.41, 5.74) is 0. The van der Waals surface area contributed by atoms with Gasteiger partial charge >= 0.3 is 0 Å². The van der Waals surface area contributed by atoms with Gasteiger partial charge in [0.2, 0.25) is 5.91 Å². The third-order valence-electron chi connectivity index (χ3n) is 4.40. The maximum atomic E-state index is 11.8. The average Bonchev–Trinajstić information content (AvgIpc) is 3.15. The van der Waals surface area contributed by atoms with E-state index in [0.717, 1.165) is 24.3 Å². The van der Waals surface area contributed by atoms with Crippen LogP contribution in [0, 0.1) is 23.7 Å². The van der Waals surface area contributed by atoms with Crippen LogP contribution < -0.4 is 5.32 Å². The lowest BCUT2D eigenvalue weighted by Gasteiger charge is -2.11. The fraction of sp³-hybridized carbons (Fsp3) is 0.923. The Morgan fingerprint density at radius 2 is 1.87 bits per heavy atom. The molecule has 3 aliphatic carbocycles. The van der Waals surface area contributed by atoms with Crippen LogP contribution in [-0.4, -0.2) is 12.5 Å². The SMILES string of the molecule is O=C(NCCCC1CC1)C1CC2CC2C1. The third kappa shape index (κ3) is 2.35. The molecule has 0 saturated heterocycles. The largest absolute Gasteiger partial charge is 0.356 e. The van der Waals surface area contributed by atoms with Crippen molar-refractivity contribution < 1.29 is 4.79 Å². The summed E-state index contributed by atoms with van der Waals surface area (Å²) in [6, 6.07) is 0. The van der Waals surface area contributed by atoms with Gasteiger partial charge in [0.25, 0.3) is 0 Å². The Labute approximate surface area is 91.8 Å². The van der Waals surface area contributed by atoms with Crippen LogP contribution in [0.2, 0.25) is 0 Å². The van der Waals surface area contributed by atoms with Crippen LogP contribution in [0.1, 0.15) is 44.9 Å². The maximum Gasteiger partial charge on any atom is 0.223 e. The Kier molecular flexibility index (Phi) is 2.45. The van der Waals surface area contributed by atoms with Gasteiger partial charge in [0.15, 0.2) is 0 Å². The van der Waals surface area contributed by atoms with E-state index in [2.05, 4.69) is 5.32 Å². The third-order valence-corrected chi connectivity index (χ3v) is 4.40. The predicted molar refractivity (Wildman–Crippen MR) is 59.3 cm³/mol. The van der Waals surface area contributed by atoms with Crippen LogP contribution in [0.25, 0.3) is 0 Å². The number of fused-ring (bicyclic) bond motifs is 1. The summed E-state index contributed by atoms with van der Waals surface area (Å²) in [6.45, 7) is 0.918. The highest BCUT2D eigenvalue weighted by atomic mass is 16.1. The van der Waals surface area contributed by atoms with Crippen molar-refractivity contribution in [3.63, 3.8) is 0 Å². The van der Waals surface area contributed by atoms with Gasteiger partial charge in [0.05, 0.1) is 0 Å². The second-order valence-electron chi connectivity index (χ2n) is 5.80. The molecule has 0 heterocycles. The summed E-state index contributed by atoms with van der Waals surface area (Å²) in [5, 5.41) is 3.11. The molecule has 0 radical (unpaired) electrons. The normalized spacial score (nSPS) is 37.5. The average molecular weight is 207 g/mol. The molecule has 1 N–H and O–H groups in total. The molecule has 0 bridgehead atoms. The topological polar surface area (TPSA) is 29.1 Å². The van der Waals surface area contributed by atoms with Gasteiger partial charge in [0.1, 0.15) is 0 Å². The lowest BCUT2D eigenvalue weighted by molar-refractivity contribution is -0.125. The van der Waals surface area contributed by atoms with Crippen molar-refractivity contribution in [2.24, 2.45) is 23.7 Å². The second kappa shape index (κ2) is 3.80. The number of rotatable bonds is 5. The molecule has 3 rings (SSSR count). The van der Waals surface area contributed by atoms with Crippen molar-refractivity contribution in [2.75, 3.05) is 6.54 Å². The molecule has 2 unspecified atom stereocenters. The first-order valence-corrected chi connectivity index (χ1v) is 6.60. The molecule has 3 aliphatic rings. The Bertz CT molecular complexity index is 249. The minimum atomic E-state index is 0.345. The van der Waals surface area contributed by atoms with Crippen molar-refractivity contribution in [1.82, 2.24) is 5.32 Å². The van der Waals surface area contributed by atoms with E-state index in [4.69, 9.17) is 0 Å². The van der Waals surface area contributed by atoms with E-state index in [1.165, 1.54) is 44.9 Å². The summed E-state index contributed by atoms with van der Waals surface area (Å²) in [7, 11) is 0. The van der Waals surface area contributed by atoms with Gasteiger partial charge in [-0.05, 0) is 49.9 Å². The zero-order chi connectivity index (χ0) is 10.3. The van der Waals surface area contributed by atoms with E-state index >= 15 is 0 Å². The Balaban J connectivity index is 1.30. The Morgan fingerprint density at radius 1 is 1.13 bits per heavy atom. The van der Waals surface area contributed by atoms with E-state index < -0.39 is 0 Å². The molecule has 2 atom stereocenters. The molecule has 3 fully saturated rings. The minimum Gasteiger partial charge on any atom is -0.356 e. The monoisotopic (exact) mass is 207 g/mol. The number of hydrogen-bond acceptors (Lipinski definition) is 1. The molecular formula is C13H21NO. The van der Waals surface area contributed by atoms with E-state index in [-0.39, 0.29) is 0 Å². The molecule has 0 aromatic heterocycles. The summed E-state index contributed by atoms with van der Waals surface area (Å²) in [4.78, 5) is 11.8. The maximum absolute atomic E-state index is 11.8. The first kappa shape index (κ1) is 9.68. The highest BCUT2D eigenvalue weighted by molar-refractivity contribution is 5.79. The van der Waals surface area contributed by atoms with Gasteiger partial charge in [0, 0.05) is 12.5 Å². The summed E-state index contributed by atoms with van der Waals surface area (Å²) in [6.07, 6.45) is 9.15. The molecule has 0 aliphatic heterocycles. The smallest absolute Gasteiger partial charge is 0.223 e. The quantitative estimate of drug-likeness (QED) is 0.689. The number of amides is 1. The van der Waals surface area contributed by atoms with Crippen LogP contribution in [0.4, 0.5) is 0 Å². The van der Waals surface area contributed by atoms with E-state index in [0.29, 0.717) is 11.8 Å². The first-order chi connectivity index (χ1) is 7.33. The Morgan fingerprint density at radius 3 is 2.53 bits per heavy atom.